The van der Waals surface area contributed by atoms with Crippen molar-refractivity contribution in [1.82, 2.24) is 5.32 Å². The lowest BCUT2D eigenvalue weighted by atomic mass is 9.86. The fourth-order valence-electron chi connectivity index (χ4n) is 5.27. The molecule has 2 unspecified atom stereocenters. The van der Waals surface area contributed by atoms with Crippen LogP contribution in [-0.4, -0.2) is 43.0 Å². The number of hydrogen-bond acceptors (Lipinski definition) is 4. The zero-order valence-corrected chi connectivity index (χ0v) is 20.6. The molecule has 0 spiro atoms. The van der Waals surface area contributed by atoms with E-state index in [1.54, 1.807) is 0 Å². The van der Waals surface area contributed by atoms with Crippen LogP contribution in [0.1, 0.15) is 85.7 Å². The molecule has 2 atom stereocenters. The number of ether oxygens (including phenoxy) is 2. The van der Waals surface area contributed by atoms with Crippen LogP contribution in [0.2, 0.25) is 0 Å². The molecule has 3 aliphatic rings. The molecule has 31 heavy (non-hydrogen) atoms. The van der Waals surface area contributed by atoms with Gasteiger partial charge in [-0.05, 0) is 53.0 Å². The maximum absolute atomic E-state index is 13.2. The van der Waals surface area contributed by atoms with Crippen LogP contribution in [0.15, 0.2) is 6.07 Å². The van der Waals surface area contributed by atoms with Gasteiger partial charge in [0.15, 0.2) is 0 Å². The van der Waals surface area contributed by atoms with E-state index in [-0.39, 0.29) is 18.6 Å². The van der Waals surface area contributed by atoms with Crippen molar-refractivity contribution in [3.8, 4) is 5.75 Å². The minimum Gasteiger partial charge on any atom is -0.492 e. The number of aliphatic hydroxyl groups is 1. The Kier molecular flexibility index (Phi) is 8.51. The Morgan fingerprint density at radius 2 is 1.77 bits per heavy atom. The highest BCUT2D eigenvalue weighted by molar-refractivity contribution is 14.1. The first-order valence-electron chi connectivity index (χ1n) is 12.2. The summed E-state index contributed by atoms with van der Waals surface area (Å²) in [5.41, 5.74) is 3.13. The van der Waals surface area contributed by atoms with Crippen LogP contribution >= 0.6 is 22.6 Å². The summed E-state index contributed by atoms with van der Waals surface area (Å²) >= 11 is 2.46. The van der Waals surface area contributed by atoms with E-state index in [9.17, 15) is 9.90 Å². The van der Waals surface area contributed by atoms with Gasteiger partial charge in [-0.1, -0.05) is 57.8 Å². The summed E-state index contributed by atoms with van der Waals surface area (Å²) < 4.78 is 12.5. The standard InChI is InChI=1S/C25H36INO4/c26-23-18(14-17-8-6-4-2-1-3-5-7-9-17)15-20(24-19(23)10-13-31-24)25(29)27-21-11-12-30-16-22(21)28/h15,17,21-22,28H,1-14,16H2,(H,27,29). The monoisotopic (exact) mass is 541 g/mol. The Morgan fingerprint density at radius 1 is 1.06 bits per heavy atom. The number of amides is 1. The van der Waals surface area contributed by atoms with Crippen LogP contribution in [0.5, 0.6) is 5.75 Å². The minimum atomic E-state index is -0.655. The van der Waals surface area contributed by atoms with Crippen molar-refractivity contribution in [3.05, 3.63) is 26.3 Å². The van der Waals surface area contributed by atoms with Crippen LogP contribution in [0.3, 0.4) is 0 Å². The van der Waals surface area contributed by atoms with E-state index in [1.807, 2.05) is 0 Å². The molecule has 4 rings (SSSR count). The van der Waals surface area contributed by atoms with Crippen molar-refractivity contribution < 1.29 is 19.4 Å². The molecule has 0 bridgehead atoms. The SMILES string of the molecule is O=C(NC1CCOCC1O)c1cc(CC2CCCCCCCCC2)c(I)c2c1OCC2. The van der Waals surface area contributed by atoms with Gasteiger partial charge in [0.1, 0.15) is 5.75 Å². The summed E-state index contributed by atoms with van der Waals surface area (Å²) in [5, 5.41) is 13.2. The summed E-state index contributed by atoms with van der Waals surface area (Å²) in [6.45, 7) is 1.48. The van der Waals surface area contributed by atoms with E-state index in [2.05, 4.69) is 34.0 Å². The van der Waals surface area contributed by atoms with Crippen molar-refractivity contribution in [2.75, 3.05) is 19.8 Å². The summed E-state index contributed by atoms with van der Waals surface area (Å²) in [6, 6.07) is 1.81. The Balaban J connectivity index is 1.53. The zero-order valence-electron chi connectivity index (χ0n) is 18.5. The quantitative estimate of drug-likeness (QED) is 0.539. The molecule has 2 fully saturated rings. The van der Waals surface area contributed by atoms with Gasteiger partial charge < -0.3 is 19.9 Å². The normalized spacial score (nSPS) is 25.5. The van der Waals surface area contributed by atoms with Gasteiger partial charge in [0.25, 0.3) is 5.91 Å². The second-order valence-electron chi connectivity index (χ2n) is 9.44. The largest absolute Gasteiger partial charge is 0.492 e. The van der Waals surface area contributed by atoms with Gasteiger partial charge in [-0.15, -0.1) is 0 Å². The molecular formula is C25H36INO4. The first-order valence-corrected chi connectivity index (χ1v) is 13.2. The number of carbonyl (C=O) groups excluding carboxylic acids is 1. The van der Waals surface area contributed by atoms with E-state index >= 15 is 0 Å². The van der Waals surface area contributed by atoms with Crippen molar-refractivity contribution in [2.45, 2.75) is 89.2 Å². The summed E-state index contributed by atoms with van der Waals surface area (Å²) in [4.78, 5) is 13.2. The smallest absolute Gasteiger partial charge is 0.255 e. The number of halogens is 1. The molecular weight excluding hydrogens is 505 g/mol. The number of carbonyl (C=O) groups is 1. The summed E-state index contributed by atoms with van der Waals surface area (Å²) in [5.74, 6) is 1.31. The summed E-state index contributed by atoms with van der Waals surface area (Å²) in [6.07, 6.45) is 14.0. The third-order valence-electron chi connectivity index (χ3n) is 7.10. The molecule has 2 heterocycles. The average Bonchev–Trinajstić information content (AvgIpc) is 3.26. The predicted octanol–water partition coefficient (Wildman–Crippen LogP) is 4.79. The van der Waals surface area contributed by atoms with Crippen LogP contribution < -0.4 is 10.1 Å². The molecule has 1 amide bonds. The molecule has 172 valence electrons. The second-order valence-corrected chi connectivity index (χ2v) is 10.5. The Labute approximate surface area is 199 Å². The number of fused-ring (bicyclic) bond motifs is 1. The summed E-state index contributed by atoms with van der Waals surface area (Å²) in [7, 11) is 0. The van der Waals surface area contributed by atoms with Crippen molar-refractivity contribution >= 4 is 28.5 Å². The van der Waals surface area contributed by atoms with Crippen molar-refractivity contribution in [3.63, 3.8) is 0 Å². The molecule has 0 radical (unpaired) electrons. The topological polar surface area (TPSA) is 67.8 Å². The van der Waals surface area contributed by atoms with Gasteiger partial charge >= 0.3 is 0 Å². The molecule has 6 heteroatoms. The molecule has 1 saturated carbocycles. The van der Waals surface area contributed by atoms with Crippen LogP contribution in [0, 0.1) is 9.49 Å². The fourth-order valence-corrected chi connectivity index (χ4v) is 6.16. The number of benzene rings is 1. The van der Waals surface area contributed by atoms with E-state index < -0.39 is 6.10 Å². The number of nitrogens with one attached hydrogen (secondary N) is 1. The first kappa shape index (κ1) is 23.3. The lowest BCUT2D eigenvalue weighted by Gasteiger charge is -2.28. The highest BCUT2D eigenvalue weighted by Crippen LogP contribution is 2.37. The van der Waals surface area contributed by atoms with E-state index in [0.717, 1.165) is 18.6 Å². The first-order chi connectivity index (χ1) is 15.1. The Morgan fingerprint density at radius 3 is 2.48 bits per heavy atom. The van der Waals surface area contributed by atoms with Crippen LogP contribution in [0.4, 0.5) is 0 Å². The minimum absolute atomic E-state index is 0.132. The third-order valence-corrected chi connectivity index (χ3v) is 8.45. The maximum atomic E-state index is 13.2. The van der Waals surface area contributed by atoms with Gasteiger partial charge in [0, 0.05) is 22.2 Å². The van der Waals surface area contributed by atoms with Gasteiger partial charge in [-0.2, -0.15) is 0 Å². The van der Waals surface area contributed by atoms with Crippen LogP contribution in [0.25, 0.3) is 0 Å². The highest BCUT2D eigenvalue weighted by atomic mass is 127. The number of hydrogen-bond donors (Lipinski definition) is 2. The van der Waals surface area contributed by atoms with Gasteiger partial charge in [0.2, 0.25) is 0 Å². The Bertz CT molecular complexity index is 758. The average molecular weight is 541 g/mol. The lowest BCUT2D eigenvalue weighted by molar-refractivity contribution is -0.0261. The molecule has 5 nitrogen and oxygen atoms in total. The van der Waals surface area contributed by atoms with Crippen molar-refractivity contribution in [2.24, 2.45) is 5.92 Å². The second kappa shape index (κ2) is 11.3. The zero-order chi connectivity index (χ0) is 21.6. The highest BCUT2D eigenvalue weighted by Gasteiger charge is 2.30. The van der Waals surface area contributed by atoms with E-state index in [0.29, 0.717) is 31.1 Å². The molecule has 0 aromatic heterocycles. The van der Waals surface area contributed by atoms with Crippen molar-refractivity contribution in [1.29, 1.82) is 0 Å². The third kappa shape index (κ3) is 5.93. The molecule has 1 saturated heterocycles. The van der Waals surface area contributed by atoms with Gasteiger partial charge in [-0.3, -0.25) is 4.79 Å². The van der Waals surface area contributed by atoms with Gasteiger partial charge in [-0.25, -0.2) is 0 Å². The molecule has 1 aromatic carbocycles. The number of rotatable bonds is 4. The molecule has 2 aliphatic heterocycles. The van der Waals surface area contributed by atoms with E-state index in [1.165, 1.54) is 72.5 Å². The maximum Gasteiger partial charge on any atom is 0.255 e. The van der Waals surface area contributed by atoms with E-state index in [4.69, 9.17) is 9.47 Å². The Hall–Kier alpha value is -0.860. The lowest BCUT2D eigenvalue weighted by Crippen LogP contribution is -2.48. The molecule has 2 N–H and O–H groups in total. The fraction of sp³-hybridized carbons (Fsp3) is 0.720. The molecule has 1 aliphatic carbocycles. The number of aliphatic hydroxyl groups excluding tert-OH is 1. The van der Waals surface area contributed by atoms with Gasteiger partial charge in [0.05, 0.1) is 30.9 Å². The predicted molar refractivity (Wildman–Crippen MR) is 130 cm³/mol. The molecule has 1 aromatic rings. The van der Waals surface area contributed by atoms with Crippen LogP contribution in [-0.2, 0) is 17.6 Å².